The van der Waals surface area contributed by atoms with Gasteiger partial charge in [0, 0.05) is 11.5 Å². The van der Waals surface area contributed by atoms with Crippen LogP contribution >= 0.6 is 0 Å². The molecule has 1 saturated heterocycles. The largest absolute Gasteiger partial charge is 0.352 e. The minimum absolute atomic E-state index is 0.0195. The first kappa shape index (κ1) is 12.9. The van der Waals surface area contributed by atoms with Gasteiger partial charge in [0.1, 0.15) is 0 Å². The maximum atomic E-state index is 5.68. The molecule has 90 valence electrons. The minimum Gasteiger partial charge on any atom is -0.352 e. The molecule has 3 nitrogen and oxygen atoms in total. The van der Waals surface area contributed by atoms with Crippen molar-refractivity contribution in [3.8, 4) is 0 Å². The number of hydrogen-bond acceptors (Lipinski definition) is 3. The fourth-order valence-electron chi connectivity index (χ4n) is 1.67. The zero-order valence-corrected chi connectivity index (χ0v) is 10.3. The molecule has 1 fully saturated rings. The second-order valence-electron chi connectivity index (χ2n) is 5.48. The van der Waals surface area contributed by atoms with Gasteiger partial charge in [-0.3, -0.25) is 0 Å². The molecule has 0 amide bonds. The van der Waals surface area contributed by atoms with Crippen molar-refractivity contribution in [2.45, 2.75) is 58.8 Å². The van der Waals surface area contributed by atoms with Crippen LogP contribution in [0.4, 0.5) is 0 Å². The number of ether oxygens (including phenoxy) is 2. The molecule has 0 aromatic carbocycles. The predicted octanol–water partition coefficient (Wildman–Crippen LogP) is 2.29. The summed E-state index contributed by atoms with van der Waals surface area (Å²) in [6, 6.07) is 0.317. The lowest BCUT2D eigenvalue weighted by atomic mass is 9.95. The van der Waals surface area contributed by atoms with Gasteiger partial charge >= 0.3 is 0 Å². The lowest BCUT2D eigenvalue weighted by molar-refractivity contribution is -0.224. The highest BCUT2D eigenvalue weighted by Crippen LogP contribution is 2.24. The van der Waals surface area contributed by atoms with Crippen LogP contribution in [0.5, 0.6) is 0 Å². The highest BCUT2D eigenvalue weighted by atomic mass is 16.7. The first-order valence-electron chi connectivity index (χ1n) is 5.98. The maximum Gasteiger partial charge on any atom is 0.157 e. The monoisotopic (exact) mass is 215 g/mol. The van der Waals surface area contributed by atoms with Crippen molar-refractivity contribution in [1.29, 1.82) is 0 Å². The van der Waals surface area contributed by atoms with E-state index in [1.807, 2.05) is 0 Å². The molecule has 1 unspecified atom stereocenters. The molecule has 0 aromatic heterocycles. The van der Waals surface area contributed by atoms with Crippen LogP contribution in [0.3, 0.4) is 0 Å². The average Bonchev–Trinajstić information content (AvgIpc) is 2.14. The normalized spacial score (nSPS) is 24.0. The van der Waals surface area contributed by atoms with Gasteiger partial charge in [-0.05, 0) is 26.2 Å². The van der Waals surface area contributed by atoms with Crippen LogP contribution in [-0.4, -0.2) is 25.5 Å². The number of hydrogen-bond donors (Lipinski definition) is 1. The summed E-state index contributed by atoms with van der Waals surface area (Å²) >= 11 is 0. The van der Waals surface area contributed by atoms with E-state index in [0.29, 0.717) is 6.04 Å². The summed E-state index contributed by atoms with van der Waals surface area (Å²) < 4.78 is 11.3. The number of rotatable bonds is 5. The molecular weight excluding hydrogens is 190 g/mol. The van der Waals surface area contributed by atoms with E-state index < -0.39 is 0 Å². The number of nitrogens with two attached hydrogens (primary N) is 1. The second-order valence-corrected chi connectivity index (χ2v) is 5.48. The topological polar surface area (TPSA) is 44.5 Å². The molecule has 0 aromatic rings. The molecule has 0 saturated carbocycles. The summed E-state index contributed by atoms with van der Waals surface area (Å²) in [6.45, 7) is 8.00. The van der Waals surface area contributed by atoms with Gasteiger partial charge in [0.15, 0.2) is 6.29 Å². The zero-order chi connectivity index (χ0) is 11.3. The molecule has 2 N–H and O–H groups in total. The molecule has 0 aliphatic carbocycles. The fraction of sp³-hybridized carbons (Fsp3) is 1.00. The average molecular weight is 215 g/mol. The van der Waals surface area contributed by atoms with E-state index in [-0.39, 0.29) is 11.7 Å². The standard InChI is InChI=1S/C12H25NO2/c1-10(13)6-4-5-7-11-14-8-12(2,3)9-15-11/h10-11H,4-9,13H2,1-3H3. The predicted molar refractivity (Wildman–Crippen MR) is 61.6 cm³/mol. The summed E-state index contributed by atoms with van der Waals surface area (Å²) in [5, 5.41) is 0. The van der Waals surface area contributed by atoms with E-state index in [9.17, 15) is 0 Å². The van der Waals surface area contributed by atoms with Gasteiger partial charge < -0.3 is 15.2 Å². The van der Waals surface area contributed by atoms with Crippen LogP contribution in [0.25, 0.3) is 0 Å². The van der Waals surface area contributed by atoms with Crippen molar-refractivity contribution < 1.29 is 9.47 Å². The molecule has 1 aliphatic heterocycles. The van der Waals surface area contributed by atoms with E-state index in [1.54, 1.807) is 0 Å². The van der Waals surface area contributed by atoms with E-state index in [4.69, 9.17) is 15.2 Å². The van der Waals surface area contributed by atoms with Gasteiger partial charge in [0.25, 0.3) is 0 Å². The Bertz CT molecular complexity index is 170. The number of unbranched alkanes of at least 4 members (excludes halogenated alkanes) is 1. The maximum absolute atomic E-state index is 5.68. The van der Waals surface area contributed by atoms with E-state index >= 15 is 0 Å². The van der Waals surface area contributed by atoms with Crippen LogP contribution in [0.2, 0.25) is 0 Å². The molecule has 1 rings (SSSR count). The smallest absolute Gasteiger partial charge is 0.157 e. The van der Waals surface area contributed by atoms with E-state index in [2.05, 4.69) is 20.8 Å². The van der Waals surface area contributed by atoms with Crippen molar-refractivity contribution in [3.63, 3.8) is 0 Å². The van der Waals surface area contributed by atoms with Crippen molar-refractivity contribution in [2.75, 3.05) is 13.2 Å². The fourth-order valence-corrected chi connectivity index (χ4v) is 1.67. The second kappa shape index (κ2) is 5.83. The quantitative estimate of drug-likeness (QED) is 0.716. The van der Waals surface area contributed by atoms with Crippen molar-refractivity contribution in [2.24, 2.45) is 11.1 Å². The first-order chi connectivity index (χ1) is 6.99. The molecule has 0 radical (unpaired) electrons. The highest BCUT2D eigenvalue weighted by Gasteiger charge is 2.27. The molecule has 15 heavy (non-hydrogen) atoms. The lowest BCUT2D eigenvalue weighted by Gasteiger charge is -2.34. The summed E-state index contributed by atoms with van der Waals surface area (Å²) in [4.78, 5) is 0. The third-order valence-corrected chi connectivity index (χ3v) is 2.67. The Morgan fingerprint density at radius 2 is 1.87 bits per heavy atom. The Labute approximate surface area is 93.3 Å². The van der Waals surface area contributed by atoms with Crippen LogP contribution < -0.4 is 5.73 Å². The van der Waals surface area contributed by atoms with Gasteiger partial charge in [-0.25, -0.2) is 0 Å². The Kier molecular flexibility index (Phi) is 5.03. The summed E-state index contributed by atoms with van der Waals surface area (Å²) in [6.07, 6.45) is 4.43. The summed E-state index contributed by atoms with van der Waals surface area (Å²) in [7, 11) is 0. The van der Waals surface area contributed by atoms with Gasteiger partial charge in [-0.1, -0.05) is 20.3 Å². The lowest BCUT2D eigenvalue weighted by Crippen LogP contribution is -2.37. The Morgan fingerprint density at radius 1 is 1.27 bits per heavy atom. The van der Waals surface area contributed by atoms with Crippen LogP contribution in [0.15, 0.2) is 0 Å². The minimum atomic E-state index is 0.0195. The first-order valence-corrected chi connectivity index (χ1v) is 5.98. The van der Waals surface area contributed by atoms with Gasteiger partial charge in [-0.15, -0.1) is 0 Å². The zero-order valence-electron chi connectivity index (χ0n) is 10.3. The third kappa shape index (κ3) is 5.50. The molecular formula is C12H25NO2. The van der Waals surface area contributed by atoms with Gasteiger partial charge in [0.05, 0.1) is 13.2 Å². The van der Waals surface area contributed by atoms with Crippen molar-refractivity contribution in [1.82, 2.24) is 0 Å². The van der Waals surface area contributed by atoms with E-state index in [0.717, 1.165) is 32.5 Å². The molecule has 3 heteroatoms. The molecule has 0 bridgehead atoms. The summed E-state index contributed by atoms with van der Waals surface area (Å²) in [5.41, 5.74) is 5.87. The molecule has 0 spiro atoms. The van der Waals surface area contributed by atoms with Gasteiger partial charge in [0.2, 0.25) is 0 Å². The molecule has 1 atom stereocenters. The van der Waals surface area contributed by atoms with Crippen LogP contribution in [0.1, 0.15) is 46.5 Å². The Balaban J connectivity index is 2.04. The Hall–Kier alpha value is -0.120. The van der Waals surface area contributed by atoms with E-state index in [1.165, 1.54) is 6.42 Å². The third-order valence-electron chi connectivity index (χ3n) is 2.67. The molecule has 1 heterocycles. The van der Waals surface area contributed by atoms with Crippen molar-refractivity contribution >= 4 is 0 Å². The van der Waals surface area contributed by atoms with Crippen LogP contribution in [0, 0.1) is 5.41 Å². The summed E-state index contributed by atoms with van der Waals surface area (Å²) in [5.74, 6) is 0. The van der Waals surface area contributed by atoms with Gasteiger partial charge in [-0.2, -0.15) is 0 Å². The van der Waals surface area contributed by atoms with Crippen LogP contribution in [-0.2, 0) is 9.47 Å². The highest BCUT2D eigenvalue weighted by molar-refractivity contribution is 4.71. The molecule has 1 aliphatic rings. The Morgan fingerprint density at radius 3 is 2.40 bits per heavy atom. The SMILES string of the molecule is CC(N)CCCCC1OCC(C)(C)CO1. The van der Waals surface area contributed by atoms with Crippen molar-refractivity contribution in [3.05, 3.63) is 0 Å².